The Bertz CT molecular complexity index is 186. The second-order valence-electron chi connectivity index (χ2n) is 3.44. The Morgan fingerprint density at radius 3 is 2.69 bits per heavy atom. The Balaban J connectivity index is 2.36. The van der Waals surface area contributed by atoms with Gasteiger partial charge in [-0.2, -0.15) is 0 Å². The van der Waals surface area contributed by atoms with E-state index in [0.717, 1.165) is 19.4 Å². The zero-order chi connectivity index (χ0) is 9.84. The van der Waals surface area contributed by atoms with Crippen LogP contribution in [0.3, 0.4) is 0 Å². The van der Waals surface area contributed by atoms with Crippen molar-refractivity contribution in [3.8, 4) is 0 Å². The van der Waals surface area contributed by atoms with Crippen molar-refractivity contribution in [2.75, 3.05) is 20.7 Å². The molecule has 4 heteroatoms. The third-order valence-corrected chi connectivity index (χ3v) is 3.37. The van der Waals surface area contributed by atoms with Crippen LogP contribution in [0.4, 0.5) is 0 Å². The molecule has 1 heterocycles. The van der Waals surface area contributed by atoms with Gasteiger partial charge in [-0.1, -0.05) is 11.8 Å². The Labute approximate surface area is 83.8 Å². The van der Waals surface area contributed by atoms with Crippen LogP contribution in [0.5, 0.6) is 0 Å². The summed E-state index contributed by atoms with van der Waals surface area (Å²) in [7, 11) is 3.78. The molecule has 76 valence electrons. The monoisotopic (exact) mass is 203 g/mol. The van der Waals surface area contributed by atoms with Gasteiger partial charge in [-0.15, -0.1) is 0 Å². The smallest absolute Gasteiger partial charge is 0.186 e. The summed E-state index contributed by atoms with van der Waals surface area (Å²) >= 11 is 1.46. The molecule has 0 amide bonds. The number of ether oxygens (including phenoxy) is 1. The van der Waals surface area contributed by atoms with Crippen LogP contribution in [-0.4, -0.2) is 42.2 Å². The van der Waals surface area contributed by atoms with Gasteiger partial charge in [-0.05, 0) is 19.9 Å². The number of nitrogens with zero attached hydrogens (tertiary/aromatic N) is 1. The van der Waals surface area contributed by atoms with Crippen LogP contribution in [0.25, 0.3) is 0 Å². The molecule has 3 nitrogen and oxygen atoms in total. The van der Waals surface area contributed by atoms with Crippen molar-refractivity contribution in [2.45, 2.75) is 31.2 Å². The van der Waals surface area contributed by atoms with E-state index in [1.165, 1.54) is 11.8 Å². The molecule has 0 aromatic carbocycles. The predicted octanol–water partition coefficient (Wildman–Crippen LogP) is 1.33. The first-order valence-electron chi connectivity index (χ1n) is 4.53. The Morgan fingerprint density at radius 2 is 2.23 bits per heavy atom. The van der Waals surface area contributed by atoms with Crippen molar-refractivity contribution in [2.24, 2.45) is 0 Å². The van der Waals surface area contributed by atoms with E-state index >= 15 is 0 Å². The number of piperidine rings is 1. The van der Waals surface area contributed by atoms with Crippen molar-refractivity contribution < 1.29 is 9.53 Å². The maximum Gasteiger partial charge on any atom is 0.186 e. The molecule has 1 saturated heterocycles. The van der Waals surface area contributed by atoms with Crippen molar-refractivity contribution in [3.63, 3.8) is 0 Å². The van der Waals surface area contributed by atoms with E-state index in [-0.39, 0.29) is 11.3 Å². The van der Waals surface area contributed by atoms with Crippen molar-refractivity contribution in [3.05, 3.63) is 0 Å². The summed E-state index contributed by atoms with van der Waals surface area (Å²) in [5.41, 5.74) is 0. The minimum absolute atomic E-state index is 0.217. The zero-order valence-electron chi connectivity index (χ0n) is 8.45. The average molecular weight is 203 g/mol. The van der Waals surface area contributed by atoms with Crippen LogP contribution < -0.4 is 0 Å². The van der Waals surface area contributed by atoms with E-state index < -0.39 is 0 Å². The van der Waals surface area contributed by atoms with E-state index in [2.05, 4.69) is 4.90 Å². The van der Waals surface area contributed by atoms with E-state index in [1.54, 1.807) is 14.0 Å². The lowest BCUT2D eigenvalue weighted by Gasteiger charge is -2.35. The molecule has 0 aromatic rings. The maximum absolute atomic E-state index is 10.9. The first-order chi connectivity index (χ1) is 6.13. The van der Waals surface area contributed by atoms with Gasteiger partial charge >= 0.3 is 0 Å². The molecule has 0 radical (unpaired) electrons. The van der Waals surface area contributed by atoms with Gasteiger partial charge in [-0.3, -0.25) is 9.69 Å². The van der Waals surface area contributed by atoms with E-state index in [0.29, 0.717) is 5.25 Å². The summed E-state index contributed by atoms with van der Waals surface area (Å²) in [5.74, 6) is 0. The van der Waals surface area contributed by atoms with E-state index in [9.17, 15) is 4.79 Å². The van der Waals surface area contributed by atoms with Crippen LogP contribution >= 0.6 is 11.8 Å². The van der Waals surface area contributed by atoms with Crippen molar-refractivity contribution in [1.29, 1.82) is 0 Å². The fourth-order valence-corrected chi connectivity index (χ4v) is 2.74. The van der Waals surface area contributed by atoms with Crippen LogP contribution in [0.2, 0.25) is 0 Å². The molecule has 0 N–H and O–H groups in total. The second-order valence-corrected chi connectivity index (χ2v) is 4.92. The SMILES string of the molecule is COC1CCC(SC(C)=O)CN1C. The molecule has 0 bridgehead atoms. The zero-order valence-corrected chi connectivity index (χ0v) is 9.26. The summed E-state index contributed by atoms with van der Waals surface area (Å²) < 4.78 is 5.29. The topological polar surface area (TPSA) is 29.5 Å². The Hall–Kier alpha value is -0.0600. The van der Waals surface area contributed by atoms with Crippen molar-refractivity contribution >= 4 is 16.9 Å². The van der Waals surface area contributed by atoms with Gasteiger partial charge in [0.05, 0.1) is 0 Å². The van der Waals surface area contributed by atoms with Gasteiger partial charge in [0.15, 0.2) is 5.12 Å². The van der Waals surface area contributed by atoms with Gasteiger partial charge in [0.2, 0.25) is 0 Å². The third kappa shape index (κ3) is 3.29. The number of methoxy groups -OCH3 is 1. The number of hydrogen-bond donors (Lipinski definition) is 0. The molecule has 1 fully saturated rings. The molecule has 2 unspecified atom stereocenters. The maximum atomic E-state index is 10.9. The molecule has 0 saturated carbocycles. The van der Waals surface area contributed by atoms with Gasteiger partial charge in [0.25, 0.3) is 0 Å². The number of carbonyl (C=O) groups is 1. The summed E-state index contributed by atoms with van der Waals surface area (Å²) in [4.78, 5) is 13.1. The molecule has 0 spiro atoms. The van der Waals surface area contributed by atoms with Gasteiger partial charge < -0.3 is 4.74 Å². The lowest BCUT2D eigenvalue weighted by molar-refractivity contribution is -0.109. The van der Waals surface area contributed by atoms with Crippen LogP contribution in [0.15, 0.2) is 0 Å². The lowest BCUT2D eigenvalue weighted by atomic mass is 10.1. The molecule has 13 heavy (non-hydrogen) atoms. The van der Waals surface area contributed by atoms with Gasteiger partial charge in [0, 0.05) is 25.8 Å². The summed E-state index contributed by atoms with van der Waals surface area (Å²) in [6, 6.07) is 0. The number of rotatable bonds is 2. The number of thioether (sulfide) groups is 1. The highest BCUT2D eigenvalue weighted by Gasteiger charge is 2.26. The molecule has 1 aliphatic rings. The van der Waals surface area contributed by atoms with Crippen LogP contribution in [0.1, 0.15) is 19.8 Å². The largest absolute Gasteiger partial charge is 0.366 e. The number of likely N-dealkylation sites (tertiary alicyclic amines) is 1. The average Bonchev–Trinajstić information content (AvgIpc) is 2.03. The lowest BCUT2D eigenvalue weighted by Crippen LogP contribution is -2.43. The molecule has 1 aliphatic heterocycles. The highest BCUT2D eigenvalue weighted by atomic mass is 32.2. The Morgan fingerprint density at radius 1 is 1.54 bits per heavy atom. The fourth-order valence-electron chi connectivity index (χ4n) is 1.71. The highest BCUT2D eigenvalue weighted by Crippen LogP contribution is 2.25. The molecular weight excluding hydrogens is 186 g/mol. The number of carbonyl (C=O) groups excluding carboxylic acids is 1. The molecule has 0 aromatic heterocycles. The van der Waals surface area contributed by atoms with Crippen LogP contribution in [-0.2, 0) is 9.53 Å². The van der Waals surface area contributed by atoms with Gasteiger partial charge in [-0.25, -0.2) is 0 Å². The van der Waals surface area contributed by atoms with Gasteiger partial charge in [0.1, 0.15) is 6.23 Å². The van der Waals surface area contributed by atoms with E-state index in [1.807, 2.05) is 7.05 Å². The van der Waals surface area contributed by atoms with E-state index in [4.69, 9.17) is 4.74 Å². The summed E-state index contributed by atoms with van der Waals surface area (Å²) in [6.45, 7) is 2.58. The molecule has 1 rings (SSSR count). The minimum Gasteiger partial charge on any atom is -0.366 e. The first kappa shape index (κ1) is 11.0. The second kappa shape index (κ2) is 4.98. The first-order valence-corrected chi connectivity index (χ1v) is 5.41. The van der Waals surface area contributed by atoms with Crippen molar-refractivity contribution in [1.82, 2.24) is 4.90 Å². The predicted molar refractivity (Wildman–Crippen MR) is 54.7 cm³/mol. The number of hydrogen-bond acceptors (Lipinski definition) is 4. The minimum atomic E-state index is 0.217. The summed E-state index contributed by atoms with van der Waals surface area (Å²) in [6.07, 6.45) is 2.34. The third-order valence-electron chi connectivity index (χ3n) is 2.32. The molecule has 2 atom stereocenters. The highest BCUT2D eigenvalue weighted by molar-refractivity contribution is 8.14. The van der Waals surface area contributed by atoms with Crippen LogP contribution in [0, 0.1) is 0 Å². The fraction of sp³-hybridized carbons (Fsp3) is 0.889. The molecule has 0 aliphatic carbocycles. The quantitative estimate of drug-likeness (QED) is 0.677. The summed E-state index contributed by atoms with van der Waals surface area (Å²) in [5, 5.41) is 0.670. The Kier molecular flexibility index (Phi) is 4.22. The standard InChI is InChI=1S/C9H17NO2S/c1-7(11)13-8-4-5-9(12-3)10(2)6-8/h8-9H,4-6H2,1-3H3. The normalized spacial score (nSPS) is 30.4. The molecular formula is C9H17NO2S.